The summed E-state index contributed by atoms with van der Waals surface area (Å²) >= 11 is 0. The summed E-state index contributed by atoms with van der Waals surface area (Å²) in [4.78, 5) is 0. The van der Waals surface area contributed by atoms with Crippen LogP contribution in [0.4, 0.5) is 4.39 Å². The summed E-state index contributed by atoms with van der Waals surface area (Å²) in [6, 6.07) is 10.5. The molecule has 1 aromatic carbocycles. The van der Waals surface area contributed by atoms with Gasteiger partial charge >= 0.3 is 0 Å². The van der Waals surface area contributed by atoms with Crippen molar-refractivity contribution in [2.24, 2.45) is 0 Å². The van der Waals surface area contributed by atoms with Gasteiger partial charge in [0.25, 0.3) is 0 Å². The van der Waals surface area contributed by atoms with E-state index < -0.39 is 0 Å². The van der Waals surface area contributed by atoms with Gasteiger partial charge in [0.2, 0.25) is 5.95 Å². The lowest BCUT2D eigenvalue weighted by atomic mass is 10.3. The summed E-state index contributed by atoms with van der Waals surface area (Å²) in [5, 5.41) is 3.83. The first kappa shape index (κ1) is 7.03. The van der Waals surface area contributed by atoms with Gasteiger partial charge < -0.3 is 0 Å². The molecule has 0 N–H and O–H groups in total. The number of nitrogens with zero attached hydrogens (tertiary/aromatic N) is 2. The zero-order valence-electron chi connectivity index (χ0n) is 6.31. The number of para-hydroxylation sites is 1. The summed E-state index contributed by atoms with van der Waals surface area (Å²) in [7, 11) is 0. The van der Waals surface area contributed by atoms with E-state index in [1.165, 1.54) is 16.9 Å². The fourth-order valence-electron chi connectivity index (χ4n) is 1.05. The largest absolute Gasteiger partial charge is 0.216 e. The number of rotatable bonds is 1. The highest BCUT2D eigenvalue weighted by atomic mass is 19.1. The van der Waals surface area contributed by atoms with Crippen LogP contribution in [0.3, 0.4) is 0 Å². The third-order valence-electron chi connectivity index (χ3n) is 1.60. The fraction of sp³-hybridized carbons (Fsp3) is 0. The van der Waals surface area contributed by atoms with Crippen molar-refractivity contribution >= 4 is 0 Å². The van der Waals surface area contributed by atoms with Gasteiger partial charge in [0.1, 0.15) is 0 Å². The molecule has 2 rings (SSSR count). The minimum atomic E-state index is -0.346. The van der Waals surface area contributed by atoms with Gasteiger partial charge in [-0.25, -0.2) is 4.68 Å². The Labute approximate surface area is 69.3 Å². The Bertz CT molecular complexity index is 367. The maximum absolute atomic E-state index is 12.9. The molecule has 0 bridgehead atoms. The zero-order valence-corrected chi connectivity index (χ0v) is 6.31. The molecule has 0 amide bonds. The molecule has 2 aromatic rings. The molecule has 60 valence electrons. The maximum atomic E-state index is 12.9. The molecule has 2 nitrogen and oxygen atoms in total. The van der Waals surface area contributed by atoms with Crippen LogP contribution in [0.5, 0.6) is 0 Å². The van der Waals surface area contributed by atoms with E-state index in [0.29, 0.717) is 0 Å². The number of halogens is 1. The number of hydrogen-bond donors (Lipinski definition) is 0. The Kier molecular flexibility index (Phi) is 1.63. The van der Waals surface area contributed by atoms with Crippen molar-refractivity contribution in [3.8, 4) is 5.69 Å². The van der Waals surface area contributed by atoms with Crippen molar-refractivity contribution in [2.75, 3.05) is 0 Å². The first-order valence-corrected chi connectivity index (χ1v) is 3.63. The molecule has 0 saturated carbocycles. The molecule has 0 saturated heterocycles. The van der Waals surface area contributed by atoms with E-state index in [2.05, 4.69) is 5.10 Å². The van der Waals surface area contributed by atoms with Crippen LogP contribution >= 0.6 is 0 Å². The van der Waals surface area contributed by atoms with Gasteiger partial charge in [0.15, 0.2) is 0 Å². The van der Waals surface area contributed by atoms with Crippen LogP contribution in [0.25, 0.3) is 5.69 Å². The van der Waals surface area contributed by atoms with Crippen molar-refractivity contribution in [1.82, 2.24) is 9.78 Å². The molecule has 0 aliphatic rings. The Morgan fingerprint density at radius 2 is 1.83 bits per heavy atom. The highest BCUT2D eigenvalue weighted by Gasteiger charge is 2.00. The normalized spacial score (nSPS) is 10.1. The Morgan fingerprint density at radius 1 is 1.08 bits per heavy atom. The molecule has 0 aliphatic heterocycles. The lowest BCUT2D eigenvalue weighted by Crippen LogP contribution is -1.98. The number of benzene rings is 1. The smallest absolute Gasteiger partial charge is 0.207 e. The predicted molar refractivity (Wildman–Crippen MR) is 43.5 cm³/mol. The van der Waals surface area contributed by atoms with E-state index in [1.807, 2.05) is 18.2 Å². The van der Waals surface area contributed by atoms with Crippen LogP contribution in [0.2, 0.25) is 0 Å². The Hall–Kier alpha value is -1.64. The second-order valence-electron chi connectivity index (χ2n) is 2.40. The summed E-state index contributed by atoms with van der Waals surface area (Å²) in [5.74, 6) is -0.346. The summed E-state index contributed by atoms with van der Waals surface area (Å²) in [5.41, 5.74) is 0.736. The SMILES string of the molecule is Fc1ccnn1-c1ccccc1. The zero-order chi connectivity index (χ0) is 8.39. The minimum absolute atomic E-state index is 0.346. The van der Waals surface area contributed by atoms with Crippen LogP contribution in [-0.4, -0.2) is 9.78 Å². The molecule has 0 atom stereocenters. The van der Waals surface area contributed by atoms with Crippen molar-refractivity contribution < 1.29 is 4.39 Å². The quantitative estimate of drug-likeness (QED) is 0.627. The van der Waals surface area contributed by atoms with E-state index in [9.17, 15) is 4.39 Å². The van der Waals surface area contributed by atoms with Gasteiger partial charge in [-0.3, -0.25) is 0 Å². The van der Waals surface area contributed by atoms with Crippen molar-refractivity contribution in [3.63, 3.8) is 0 Å². The van der Waals surface area contributed by atoms with Crippen LogP contribution in [0, 0.1) is 5.95 Å². The lowest BCUT2D eigenvalue weighted by Gasteiger charge is -1.99. The molecule has 1 aromatic heterocycles. The average Bonchev–Trinajstić information content (AvgIpc) is 2.53. The molecular weight excluding hydrogens is 155 g/mol. The van der Waals surface area contributed by atoms with Gasteiger partial charge in [0, 0.05) is 6.07 Å². The second-order valence-corrected chi connectivity index (χ2v) is 2.40. The third-order valence-corrected chi connectivity index (χ3v) is 1.60. The molecule has 0 aliphatic carbocycles. The average molecular weight is 162 g/mol. The molecule has 1 heterocycles. The Balaban J connectivity index is 2.51. The van der Waals surface area contributed by atoms with Gasteiger partial charge in [-0.1, -0.05) is 18.2 Å². The van der Waals surface area contributed by atoms with Gasteiger partial charge in [-0.15, -0.1) is 0 Å². The monoisotopic (exact) mass is 162 g/mol. The van der Waals surface area contributed by atoms with Crippen LogP contribution < -0.4 is 0 Å². The third kappa shape index (κ3) is 1.09. The highest BCUT2D eigenvalue weighted by molar-refractivity contribution is 5.29. The molecule has 0 spiro atoms. The van der Waals surface area contributed by atoms with Crippen molar-refractivity contribution in [2.45, 2.75) is 0 Å². The summed E-state index contributed by atoms with van der Waals surface area (Å²) < 4.78 is 14.2. The molecule has 0 fully saturated rings. The van der Waals surface area contributed by atoms with Gasteiger partial charge in [-0.2, -0.15) is 9.49 Å². The van der Waals surface area contributed by atoms with Crippen molar-refractivity contribution in [3.05, 3.63) is 48.5 Å². The minimum Gasteiger partial charge on any atom is -0.207 e. The lowest BCUT2D eigenvalue weighted by molar-refractivity contribution is 0.537. The van der Waals surface area contributed by atoms with Gasteiger partial charge in [0.05, 0.1) is 11.9 Å². The molecule has 0 unspecified atom stereocenters. The maximum Gasteiger partial charge on any atom is 0.216 e. The molecule has 0 radical (unpaired) electrons. The van der Waals surface area contributed by atoms with E-state index in [4.69, 9.17) is 0 Å². The van der Waals surface area contributed by atoms with Crippen LogP contribution in [0.1, 0.15) is 0 Å². The first-order chi connectivity index (χ1) is 5.88. The summed E-state index contributed by atoms with van der Waals surface area (Å²) in [6.45, 7) is 0. The number of hydrogen-bond acceptors (Lipinski definition) is 1. The van der Waals surface area contributed by atoms with Crippen LogP contribution in [-0.2, 0) is 0 Å². The predicted octanol–water partition coefficient (Wildman–Crippen LogP) is 2.01. The molecule has 3 heteroatoms. The second kappa shape index (κ2) is 2.77. The summed E-state index contributed by atoms with van der Waals surface area (Å²) in [6.07, 6.45) is 1.43. The van der Waals surface area contributed by atoms with E-state index in [-0.39, 0.29) is 5.95 Å². The van der Waals surface area contributed by atoms with Crippen LogP contribution in [0.15, 0.2) is 42.6 Å². The first-order valence-electron chi connectivity index (χ1n) is 3.63. The van der Waals surface area contributed by atoms with E-state index in [0.717, 1.165) is 5.69 Å². The Morgan fingerprint density at radius 3 is 2.42 bits per heavy atom. The molecule has 12 heavy (non-hydrogen) atoms. The topological polar surface area (TPSA) is 17.8 Å². The van der Waals surface area contributed by atoms with E-state index >= 15 is 0 Å². The van der Waals surface area contributed by atoms with Crippen molar-refractivity contribution in [1.29, 1.82) is 0 Å². The highest BCUT2D eigenvalue weighted by Crippen LogP contribution is 2.07. The van der Waals surface area contributed by atoms with Gasteiger partial charge in [-0.05, 0) is 12.1 Å². The number of aromatic nitrogens is 2. The van der Waals surface area contributed by atoms with E-state index in [1.54, 1.807) is 12.1 Å². The molecular formula is C9H7FN2. The fourth-order valence-corrected chi connectivity index (χ4v) is 1.05. The standard InChI is InChI=1S/C9H7FN2/c10-9-6-7-11-12(9)8-4-2-1-3-5-8/h1-7H.